The molecule has 0 aliphatic carbocycles. The Balaban J connectivity index is 1.22. The van der Waals surface area contributed by atoms with Crippen molar-refractivity contribution in [2.75, 3.05) is 46.2 Å². The smallest absolute Gasteiger partial charge is 0.338 e. The molecule has 4 atom stereocenters. The molecule has 1 fully saturated rings. The van der Waals surface area contributed by atoms with E-state index in [1.165, 1.54) is 45.1 Å². The van der Waals surface area contributed by atoms with Gasteiger partial charge in [0, 0.05) is 32.1 Å². The number of piperidine rings is 1. The van der Waals surface area contributed by atoms with Crippen LogP contribution >= 0.6 is 24.0 Å². The molecule has 3 heterocycles. The number of methoxy groups -OCH3 is 2. The molecular weight excluding hydrogens is 677 g/mol. The first kappa shape index (κ1) is 37.4. The second-order valence-corrected chi connectivity index (χ2v) is 16.0. The van der Waals surface area contributed by atoms with Crippen molar-refractivity contribution in [3.05, 3.63) is 93.0 Å². The Morgan fingerprint density at radius 2 is 1.57 bits per heavy atom. The lowest BCUT2D eigenvalue weighted by molar-refractivity contribution is -0.116. The fraction of sp³-hybridized carbons (Fsp3) is 0.500. The van der Waals surface area contributed by atoms with Gasteiger partial charge in [0.15, 0.2) is 11.5 Å². The lowest BCUT2D eigenvalue weighted by atomic mass is 9.72. The van der Waals surface area contributed by atoms with Crippen molar-refractivity contribution in [2.45, 2.75) is 78.3 Å². The molecule has 4 unspecified atom stereocenters. The largest absolute Gasteiger partial charge is 0.493 e. The Morgan fingerprint density at radius 1 is 0.882 bits per heavy atom. The molecule has 7 nitrogen and oxygen atoms in total. The number of nitrogens with zero attached hydrogens (tertiary/aromatic N) is 2. The van der Waals surface area contributed by atoms with Gasteiger partial charge in [0.2, 0.25) is 0 Å². The normalized spacial score (nSPS) is 21.3. The predicted molar refractivity (Wildman–Crippen MR) is 209 cm³/mol. The number of Topliss-reactive ketones (excluding diaryl/α,β-unsaturated/α-hetero) is 1. The zero-order valence-corrected chi connectivity index (χ0v) is 32.6. The van der Waals surface area contributed by atoms with Crippen LogP contribution in [0.2, 0.25) is 0 Å². The van der Waals surface area contributed by atoms with E-state index in [-0.39, 0.29) is 17.8 Å². The maximum atomic E-state index is 13.2. The van der Waals surface area contributed by atoms with Crippen LogP contribution in [0.3, 0.4) is 0 Å². The predicted octanol–water partition coefficient (Wildman–Crippen LogP) is 8.26. The van der Waals surface area contributed by atoms with Crippen molar-refractivity contribution in [3.8, 4) is 11.5 Å². The summed E-state index contributed by atoms with van der Waals surface area (Å²) in [6.07, 6.45) is 5.54. The Kier molecular flexibility index (Phi) is 12.1. The van der Waals surface area contributed by atoms with Gasteiger partial charge in [0.05, 0.1) is 38.2 Å². The molecule has 0 saturated carbocycles. The maximum Gasteiger partial charge on any atom is 0.338 e. The summed E-state index contributed by atoms with van der Waals surface area (Å²) >= 11 is 7.63. The molecule has 0 bridgehead atoms. The number of ether oxygens (including phenoxy) is 3. The Morgan fingerprint density at radius 3 is 2.27 bits per heavy atom. The quantitative estimate of drug-likeness (QED) is 0.143. The monoisotopic (exact) mass is 728 g/mol. The van der Waals surface area contributed by atoms with Crippen LogP contribution in [-0.4, -0.2) is 72.1 Å². The summed E-state index contributed by atoms with van der Waals surface area (Å²) in [6, 6.07) is 16.8. The zero-order chi connectivity index (χ0) is 36.2. The van der Waals surface area contributed by atoms with Crippen LogP contribution in [-0.2, 0) is 28.8 Å². The van der Waals surface area contributed by atoms with Gasteiger partial charge in [-0.2, -0.15) is 0 Å². The second-order valence-electron chi connectivity index (χ2n) is 14.3. The Bertz CT molecular complexity index is 1760. The molecule has 3 aliphatic rings. The molecule has 0 aromatic heterocycles. The minimum atomic E-state index is -0.352. The highest BCUT2D eigenvalue weighted by atomic mass is 32.2. The minimum Gasteiger partial charge on any atom is -0.493 e. The fourth-order valence-corrected chi connectivity index (χ4v) is 9.65. The summed E-state index contributed by atoms with van der Waals surface area (Å²) in [7, 11) is 3.39. The van der Waals surface area contributed by atoms with E-state index in [1.807, 2.05) is 12.1 Å². The first-order valence-corrected chi connectivity index (χ1v) is 19.8. The molecule has 3 aromatic rings. The van der Waals surface area contributed by atoms with Crippen LogP contribution in [0.1, 0.15) is 94.5 Å². The summed E-state index contributed by atoms with van der Waals surface area (Å²) in [6.45, 7) is 12.0. The average Bonchev–Trinajstić information content (AvgIpc) is 3.14. The zero-order valence-electron chi connectivity index (χ0n) is 31.0. The molecular formula is C42H52N2O5S2. The van der Waals surface area contributed by atoms with Gasteiger partial charge in [-0.05, 0) is 121 Å². The van der Waals surface area contributed by atoms with Crippen molar-refractivity contribution in [1.82, 2.24) is 9.80 Å². The van der Waals surface area contributed by atoms with Crippen LogP contribution in [0.15, 0.2) is 48.5 Å². The van der Waals surface area contributed by atoms with Crippen molar-refractivity contribution < 1.29 is 23.8 Å². The van der Waals surface area contributed by atoms with Crippen molar-refractivity contribution in [2.24, 2.45) is 11.8 Å². The average molecular weight is 729 g/mol. The molecule has 1 saturated heterocycles. The van der Waals surface area contributed by atoms with Crippen LogP contribution < -0.4 is 9.47 Å². The van der Waals surface area contributed by atoms with Gasteiger partial charge in [-0.25, -0.2) is 4.79 Å². The number of thioether (sulfide) groups is 1. The van der Waals surface area contributed by atoms with Gasteiger partial charge in [-0.15, -0.1) is 0 Å². The van der Waals surface area contributed by atoms with Gasteiger partial charge >= 0.3 is 5.97 Å². The third kappa shape index (κ3) is 8.16. The Labute approximate surface area is 313 Å². The lowest BCUT2D eigenvalue weighted by Crippen LogP contribution is -2.47. The number of benzene rings is 3. The molecule has 6 rings (SSSR count). The number of hydrogen-bond donors (Lipinski definition) is 0. The number of hydrogen-bond acceptors (Lipinski definition) is 8. The summed E-state index contributed by atoms with van der Waals surface area (Å²) in [4.78, 5) is 30.4. The molecule has 3 aliphatic heterocycles. The van der Waals surface area contributed by atoms with E-state index in [0.29, 0.717) is 42.2 Å². The first-order valence-electron chi connectivity index (χ1n) is 18.4. The topological polar surface area (TPSA) is 68.3 Å². The molecule has 0 N–H and O–H groups in total. The van der Waals surface area contributed by atoms with Crippen molar-refractivity contribution in [1.29, 1.82) is 0 Å². The van der Waals surface area contributed by atoms with E-state index in [9.17, 15) is 9.59 Å². The SMILES string of the molecule is CCOC(=O)c1ccc(CC(=O)CSC(=S)N2CCc3cc(OC)c(OC)cc3C2CC2CC3c4cc(C)c(C)cc4CCN3CC2CC)cc1. The van der Waals surface area contributed by atoms with Crippen molar-refractivity contribution in [3.63, 3.8) is 0 Å². The summed E-state index contributed by atoms with van der Waals surface area (Å²) in [5, 5.41) is 0. The van der Waals surface area contributed by atoms with Gasteiger partial charge in [-0.1, -0.05) is 61.6 Å². The third-order valence-corrected chi connectivity index (χ3v) is 12.9. The van der Waals surface area contributed by atoms with E-state index >= 15 is 0 Å². The number of carbonyl (C=O) groups excluding carboxylic acids is 2. The third-order valence-electron chi connectivity index (χ3n) is 11.4. The van der Waals surface area contributed by atoms with E-state index in [1.54, 1.807) is 33.3 Å². The van der Waals surface area contributed by atoms with E-state index in [4.69, 9.17) is 26.4 Å². The molecule has 272 valence electrons. The van der Waals surface area contributed by atoms with Crippen LogP contribution in [0.5, 0.6) is 11.5 Å². The molecule has 51 heavy (non-hydrogen) atoms. The number of fused-ring (bicyclic) bond motifs is 4. The Hall–Kier alpha value is -3.40. The fourth-order valence-electron chi connectivity index (χ4n) is 8.48. The summed E-state index contributed by atoms with van der Waals surface area (Å²) < 4.78 is 17.4. The molecule has 0 spiro atoms. The summed E-state index contributed by atoms with van der Waals surface area (Å²) in [5.41, 5.74) is 9.70. The lowest BCUT2D eigenvalue weighted by Gasteiger charge is -2.49. The minimum absolute atomic E-state index is 0.0764. The van der Waals surface area contributed by atoms with Crippen LogP contribution in [0.4, 0.5) is 0 Å². The van der Waals surface area contributed by atoms with E-state index < -0.39 is 0 Å². The van der Waals surface area contributed by atoms with Gasteiger partial charge < -0.3 is 19.1 Å². The summed E-state index contributed by atoms with van der Waals surface area (Å²) in [5.74, 6) is 2.65. The number of esters is 1. The number of thiocarbonyl (C=S) groups is 1. The van der Waals surface area contributed by atoms with Crippen LogP contribution in [0.25, 0.3) is 0 Å². The number of rotatable bonds is 11. The highest BCUT2D eigenvalue weighted by Gasteiger charge is 2.41. The standard InChI is InChI=1S/C42H52N2O5S2/c1-7-29-24-43-15-13-31-17-26(3)27(4)18-35(31)37(43)20-33(29)21-38-36-23-40(48-6)39(47-5)22-32(36)14-16-44(38)42(50)51-25-34(45)19-28-9-11-30(12-10-28)41(46)49-8-2/h9-12,17-18,22-23,29,33,37-38H,7-8,13-16,19-21,24-25H2,1-6H3. The van der Waals surface area contributed by atoms with Gasteiger partial charge in [0.25, 0.3) is 0 Å². The maximum absolute atomic E-state index is 13.2. The van der Waals surface area contributed by atoms with Gasteiger partial charge in [0.1, 0.15) is 10.1 Å². The second kappa shape index (κ2) is 16.5. The molecule has 3 aromatic carbocycles. The molecule has 0 radical (unpaired) electrons. The number of aryl methyl sites for hydroxylation is 2. The van der Waals surface area contributed by atoms with Crippen LogP contribution in [0, 0.1) is 25.7 Å². The number of carbonyl (C=O) groups is 2. The highest BCUT2D eigenvalue weighted by Crippen LogP contribution is 2.48. The van der Waals surface area contributed by atoms with E-state index in [0.717, 1.165) is 73.1 Å². The van der Waals surface area contributed by atoms with E-state index in [2.05, 4.69) is 54.8 Å². The highest BCUT2D eigenvalue weighted by molar-refractivity contribution is 8.23. The number of ketones is 1. The van der Waals surface area contributed by atoms with Gasteiger partial charge in [-0.3, -0.25) is 9.69 Å². The van der Waals surface area contributed by atoms with Crippen molar-refractivity contribution >= 4 is 40.1 Å². The molecule has 9 heteroatoms. The first-order chi connectivity index (χ1) is 24.6. The molecule has 0 amide bonds.